The van der Waals surface area contributed by atoms with Gasteiger partial charge in [0.15, 0.2) is 5.79 Å². The highest BCUT2D eigenvalue weighted by Gasteiger charge is 2.40. The quantitative estimate of drug-likeness (QED) is 0.861. The van der Waals surface area contributed by atoms with Gasteiger partial charge in [-0.05, 0) is 31.5 Å². The molecule has 1 aliphatic rings. The molecule has 1 aromatic carbocycles. The van der Waals surface area contributed by atoms with Gasteiger partial charge in [0, 0.05) is 0 Å². The van der Waals surface area contributed by atoms with Crippen molar-refractivity contribution in [3.05, 3.63) is 29.8 Å². The molecule has 0 aromatic heterocycles. The minimum Gasteiger partial charge on any atom is -0.497 e. The maximum absolute atomic E-state index is 9.27. The van der Waals surface area contributed by atoms with E-state index in [2.05, 4.69) is 0 Å². The monoisotopic (exact) mass is 282 g/mol. The van der Waals surface area contributed by atoms with E-state index in [-0.39, 0.29) is 18.8 Å². The lowest BCUT2D eigenvalue weighted by Crippen LogP contribution is -2.30. The fraction of sp³-hybridized carbons (Fsp3) is 0.600. The van der Waals surface area contributed by atoms with Crippen LogP contribution in [0.15, 0.2) is 24.3 Å². The Morgan fingerprint density at radius 1 is 1.15 bits per heavy atom. The molecule has 2 atom stereocenters. The molecule has 2 rings (SSSR count). The summed E-state index contributed by atoms with van der Waals surface area (Å²) in [4.78, 5) is 0. The van der Waals surface area contributed by atoms with Gasteiger partial charge in [-0.1, -0.05) is 12.1 Å². The zero-order valence-corrected chi connectivity index (χ0v) is 12.2. The number of benzene rings is 1. The number of rotatable bonds is 6. The van der Waals surface area contributed by atoms with E-state index in [1.807, 2.05) is 38.1 Å². The van der Waals surface area contributed by atoms with Gasteiger partial charge in [-0.3, -0.25) is 0 Å². The van der Waals surface area contributed by atoms with Crippen LogP contribution in [0.25, 0.3) is 0 Å². The van der Waals surface area contributed by atoms with Gasteiger partial charge in [-0.25, -0.2) is 0 Å². The Balaban J connectivity index is 1.80. The van der Waals surface area contributed by atoms with Crippen molar-refractivity contribution in [1.82, 2.24) is 0 Å². The third-order valence-electron chi connectivity index (χ3n) is 3.17. The first-order chi connectivity index (χ1) is 9.54. The van der Waals surface area contributed by atoms with Crippen LogP contribution in [0.1, 0.15) is 19.4 Å². The van der Waals surface area contributed by atoms with E-state index < -0.39 is 5.79 Å². The van der Waals surface area contributed by atoms with Gasteiger partial charge in [0.2, 0.25) is 0 Å². The third-order valence-corrected chi connectivity index (χ3v) is 3.17. The molecular weight excluding hydrogens is 260 g/mol. The standard InChI is InChI=1S/C15H22O5/c1-15(2)19-13(8-16)14(20-15)10-18-9-11-4-6-12(17-3)7-5-11/h4-7,13-14,16H,8-10H2,1-3H3/t13-,14-/m1/s1. The molecule has 5 heteroatoms. The third kappa shape index (κ3) is 3.93. The second-order valence-corrected chi connectivity index (χ2v) is 5.26. The summed E-state index contributed by atoms with van der Waals surface area (Å²) in [7, 11) is 1.64. The molecule has 5 nitrogen and oxygen atoms in total. The van der Waals surface area contributed by atoms with Gasteiger partial charge in [-0.15, -0.1) is 0 Å². The van der Waals surface area contributed by atoms with Crippen LogP contribution in [0, 0.1) is 0 Å². The van der Waals surface area contributed by atoms with E-state index in [0.717, 1.165) is 11.3 Å². The molecule has 1 N–H and O–H groups in total. The predicted octanol–water partition coefficient (Wildman–Crippen LogP) is 1.72. The van der Waals surface area contributed by atoms with Crippen molar-refractivity contribution in [3.8, 4) is 5.75 Å². The van der Waals surface area contributed by atoms with Crippen molar-refractivity contribution >= 4 is 0 Å². The second kappa shape index (κ2) is 6.54. The largest absolute Gasteiger partial charge is 0.497 e. The summed E-state index contributed by atoms with van der Waals surface area (Å²) >= 11 is 0. The fourth-order valence-corrected chi connectivity index (χ4v) is 2.22. The van der Waals surface area contributed by atoms with Crippen LogP contribution in [0.3, 0.4) is 0 Å². The zero-order chi connectivity index (χ0) is 14.6. The van der Waals surface area contributed by atoms with E-state index in [4.69, 9.17) is 18.9 Å². The van der Waals surface area contributed by atoms with Crippen LogP contribution < -0.4 is 4.74 Å². The van der Waals surface area contributed by atoms with E-state index in [0.29, 0.717) is 13.2 Å². The van der Waals surface area contributed by atoms with Gasteiger partial charge in [0.25, 0.3) is 0 Å². The van der Waals surface area contributed by atoms with Crippen LogP contribution in [0.4, 0.5) is 0 Å². The minimum absolute atomic E-state index is 0.0695. The van der Waals surface area contributed by atoms with Crippen molar-refractivity contribution in [2.75, 3.05) is 20.3 Å². The first kappa shape index (κ1) is 15.3. The lowest BCUT2D eigenvalue weighted by Gasteiger charge is -2.16. The summed E-state index contributed by atoms with van der Waals surface area (Å²) < 4.78 is 22.0. The Bertz CT molecular complexity index is 415. The van der Waals surface area contributed by atoms with Crippen LogP contribution >= 0.6 is 0 Å². The van der Waals surface area contributed by atoms with E-state index in [1.54, 1.807) is 7.11 Å². The molecule has 1 heterocycles. The Morgan fingerprint density at radius 3 is 2.40 bits per heavy atom. The topological polar surface area (TPSA) is 57.2 Å². The molecule has 0 spiro atoms. The fourth-order valence-electron chi connectivity index (χ4n) is 2.22. The number of ether oxygens (including phenoxy) is 4. The molecule has 1 aromatic rings. The molecule has 0 radical (unpaired) electrons. The SMILES string of the molecule is COc1ccc(COC[C@H]2OC(C)(C)O[C@@H]2CO)cc1. The molecule has 0 unspecified atom stereocenters. The molecule has 20 heavy (non-hydrogen) atoms. The highest BCUT2D eigenvalue weighted by molar-refractivity contribution is 5.26. The molecule has 1 saturated heterocycles. The van der Waals surface area contributed by atoms with Crippen molar-refractivity contribution in [1.29, 1.82) is 0 Å². The first-order valence-corrected chi connectivity index (χ1v) is 6.71. The molecule has 1 fully saturated rings. The second-order valence-electron chi connectivity index (χ2n) is 5.26. The Hall–Kier alpha value is -1.14. The zero-order valence-electron chi connectivity index (χ0n) is 12.2. The number of methoxy groups -OCH3 is 1. The average Bonchev–Trinajstić information content (AvgIpc) is 2.74. The smallest absolute Gasteiger partial charge is 0.163 e. The van der Waals surface area contributed by atoms with E-state index >= 15 is 0 Å². The summed E-state index contributed by atoms with van der Waals surface area (Å²) in [5.74, 6) is 0.157. The van der Waals surface area contributed by atoms with Crippen molar-refractivity contribution in [2.45, 2.75) is 38.4 Å². The van der Waals surface area contributed by atoms with Gasteiger partial charge in [-0.2, -0.15) is 0 Å². The van der Waals surface area contributed by atoms with Crippen LogP contribution in [0.5, 0.6) is 5.75 Å². The number of aliphatic hydroxyl groups excluding tert-OH is 1. The van der Waals surface area contributed by atoms with Gasteiger partial charge in [0.1, 0.15) is 18.0 Å². The molecular formula is C15H22O5. The van der Waals surface area contributed by atoms with E-state index in [9.17, 15) is 5.11 Å². The summed E-state index contributed by atoms with van der Waals surface area (Å²) in [6, 6.07) is 7.71. The lowest BCUT2D eigenvalue weighted by atomic mass is 10.2. The molecule has 0 aliphatic carbocycles. The maximum atomic E-state index is 9.27. The maximum Gasteiger partial charge on any atom is 0.163 e. The van der Waals surface area contributed by atoms with Crippen LogP contribution in [-0.2, 0) is 20.8 Å². The van der Waals surface area contributed by atoms with Crippen LogP contribution in [0.2, 0.25) is 0 Å². The van der Waals surface area contributed by atoms with Crippen LogP contribution in [-0.4, -0.2) is 43.4 Å². The van der Waals surface area contributed by atoms with E-state index in [1.165, 1.54) is 0 Å². The Labute approximate surface area is 119 Å². The summed E-state index contributed by atoms with van der Waals surface area (Å²) in [6.45, 7) is 4.47. The van der Waals surface area contributed by atoms with Crippen molar-refractivity contribution in [3.63, 3.8) is 0 Å². The molecule has 112 valence electrons. The van der Waals surface area contributed by atoms with Gasteiger partial charge in [0.05, 0.1) is 26.9 Å². The Kier molecular flexibility index (Phi) is 4.99. The first-order valence-electron chi connectivity index (χ1n) is 6.71. The Morgan fingerprint density at radius 2 is 1.80 bits per heavy atom. The van der Waals surface area contributed by atoms with Crippen molar-refractivity contribution in [2.24, 2.45) is 0 Å². The highest BCUT2D eigenvalue weighted by Crippen LogP contribution is 2.28. The number of hydrogen-bond donors (Lipinski definition) is 1. The highest BCUT2D eigenvalue weighted by atomic mass is 16.8. The molecule has 1 aliphatic heterocycles. The molecule has 0 amide bonds. The number of hydrogen-bond acceptors (Lipinski definition) is 5. The molecule has 0 saturated carbocycles. The number of aliphatic hydroxyl groups is 1. The lowest BCUT2D eigenvalue weighted by molar-refractivity contribution is -0.153. The van der Waals surface area contributed by atoms with Crippen molar-refractivity contribution < 1.29 is 24.1 Å². The summed E-state index contributed by atoms with van der Waals surface area (Å²) in [6.07, 6.45) is -0.575. The normalized spacial score (nSPS) is 24.8. The summed E-state index contributed by atoms with van der Waals surface area (Å²) in [5, 5.41) is 9.27. The average molecular weight is 282 g/mol. The minimum atomic E-state index is -0.665. The van der Waals surface area contributed by atoms with Gasteiger partial charge < -0.3 is 24.1 Å². The van der Waals surface area contributed by atoms with Gasteiger partial charge >= 0.3 is 0 Å². The molecule has 0 bridgehead atoms. The summed E-state index contributed by atoms with van der Waals surface area (Å²) in [5.41, 5.74) is 1.06. The predicted molar refractivity (Wildman–Crippen MR) is 73.6 cm³/mol.